The highest BCUT2D eigenvalue weighted by molar-refractivity contribution is 5.76. The summed E-state index contributed by atoms with van der Waals surface area (Å²) < 4.78 is 16.6. The Bertz CT molecular complexity index is 568. The van der Waals surface area contributed by atoms with Crippen molar-refractivity contribution >= 4 is 11.9 Å². The Labute approximate surface area is 163 Å². The van der Waals surface area contributed by atoms with Gasteiger partial charge in [0.15, 0.2) is 11.5 Å². The summed E-state index contributed by atoms with van der Waals surface area (Å²) in [6.07, 6.45) is 8.30. The zero-order valence-corrected chi connectivity index (χ0v) is 17.1. The molecule has 0 aliphatic rings. The van der Waals surface area contributed by atoms with E-state index in [1.807, 2.05) is 0 Å². The number of rotatable bonds is 14. The largest absolute Gasteiger partial charge is 0.493 e. The second-order valence-electron chi connectivity index (χ2n) is 6.67. The van der Waals surface area contributed by atoms with Crippen molar-refractivity contribution < 1.29 is 23.8 Å². The molecule has 0 N–H and O–H groups in total. The third-order valence-electron chi connectivity index (χ3n) is 4.10. The molecule has 5 heteroatoms. The minimum Gasteiger partial charge on any atom is -0.493 e. The predicted molar refractivity (Wildman–Crippen MR) is 106 cm³/mol. The molecular weight excluding hydrogens is 344 g/mol. The first kappa shape index (κ1) is 23.0. The van der Waals surface area contributed by atoms with E-state index in [9.17, 15) is 9.59 Å². The lowest BCUT2D eigenvalue weighted by Gasteiger charge is -2.13. The normalized spacial score (nSPS) is 10.5. The van der Waals surface area contributed by atoms with Gasteiger partial charge in [0.05, 0.1) is 6.61 Å². The van der Waals surface area contributed by atoms with Gasteiger partial charge < -0.3 is 14.2 Å². The first-order valence-corrected chi connectivity index (χ1v) is 10.3. The van der Waals surface area contributed by atoms with E-state index in [2.05, 4.69) is 20.8 Å². The van der Waals surface area contributed by atoms with E-state index in [-0.39, 0.29) is 23.4 Å². The van der Waals surface area contributed by atoms with Crippen molar-refractivity contribution in [3.63, 3.8) is 0 Å². The van der Waals surface area contributed by atoms with E-state index in [0.29, 0.717) is 25.2 Å². The van der Waals surface area contributed by atoms with Gasteiger partial charge in [-0.1, -0.05) is 52.9 Å². The standard InChI is InChI=1S/C22H34O5/c1-4-7-10-12-21(23)26-19-15-14-18(25-16-9-6-3)17-20(19)27-22(24)13-11-8-5-2/h14-15,17H,4-13,16H2,1-3H3. The minimum atomic E-state index is -0.322. The number of hydrogen-bond donors (Lipinski definition) is 0. The smallest absolute Gasteiger partial charge is 0.311 e. The highest BCUT2D eigenvalue weighted by Crippen LogP contribution is 2.32. The topological polar surface area (TPSA) is 61.8 Å². The Morgan fingerprint density at radius 1 is 0.741 bits per heavy atom. The predicted octanol–water partition coefficient (Wildman–Crippen LogP) is 5.84. The number of esters is 2. The number of carbonyl (C=O) groups is 2. The SMILES string of the molecule is CCCCCC(=O)Oc1ccc(OCCCC)cc1OC(=O)CCCCC. The van der Waals surface area contributed by atoms with Gasteiger partial charge in [0.1, 0.15) is 5.75 Å². The average Bonchev–Trinajstić information content (AvgIpc) is 2.64. The lowest BCUT2D eigenvalue weighted by molar-refractivity contribution is -0.137. The van der Waals surface area contributed by atoms with E-state index < -0.39 is 0 Å². The van der Waals surface area contributed by atoms with Crippen molar-refractivity contribution in [2.75, 3.05) is 6.61 Å². The summed E-state index contributed by atoms with van der Waals surface area (Å²) in [4.78, 5) is 24.1. The van der Waals surface area contributed by atoms with E-state index in [1.54, 1.807) is 18.2 Å². The summed E-state index contributed by atoms with van der Waals surface area (Å²) in [6, 6.07) is 4.99. The molecule has 0 heterocycles. The molecule has 0 saturated heterocycles. The summed E-state index contributed by atoms with van der Waals surface area (Å²) in [5.41, 5.74) is 0. The van der Waals surface area contributed by atoms with Crippen LogP contribution in [0.2, 0.25) is 0 Å². The maximum Gasteiger partial charge on any atom is 0.311 e. The average molecular weight is 379 g/mol. The van der Waals surface area contributed by atoms with Crippen molar-refractivity contribution in [3.05, 3.63) is 18.2 Å². The molecule has 0 saturated carbocycles. The lowest BCUT2D eigenvalue weighted by Crippen LogP contribution is -2.12. The van der Waals surface area contributed by atoms with Crippen molar-refractivity contribution in [1.29, 1.82) is 0 Å². The molecule has 0 atom stereocenters. The molecule has 1 aromatic rings. The van der Waals surface area contributed by atoms with Crippen LogP contribution in [-0.2, 0) is 9.59 Å². The number of unbranched alkanes of at least 4 members (excludes halogenated alkanes) is 5. The summed E-state index contributed by atoms with van der Waals surface area (Å²) in [5.74, 6) is 0.479. The van der Waals surface area contributed by atoms with Gasteiger partial charge in [0.2, 0.25) is 0 Å². The number of carbonyl (C=O) groups excluding carboxylic acids is 2. The third-order valence-corrected chi connectivity index (χ3v) is 4.10. The first-order valence-electron chi connectivity index (χ1n) is 10.3. The molecule has 1 rings (SSSR count). The quantitative estimate of drug-likeness (QED) is 0.231. The van der Waals surface area contributed by atoms with E-state index in [4.69, 9.17) is 14.2 Å². The Morgan fingerprint density at radius 2 is 1.30 bits per heavy atom. The lowest BCUT2D eigenvalue weighted by atomic mass is 10.2. The van der Waals surface area contributed by atoms with E-state index >= 15 is 0 Å². The van der Waals surface area contributed by atoms with Crippen LogP contribution in [0.5, 0.6) is 17.2 Å². The van der Waals surface area contributed by atoms with Crippen molar-refractivity contribution in [2.24, 2.45) is 0 Å². The molecule has 0 aliphatic carbocycles. The monoisotopic (exact) mass is 378 g/mol. The maximum atomic E-state index is 12.1. The Hall–Kier alpha value is -2.04. The molecule has 0 spiro atoms. The van der Waals surface area contributed by atoms with Crippen LogP contribution >= 0.6 is 0 Å². The molecule has 0 fully saturated rings. The first-order chi connectivity index (χ1) is 13.1. The van der Waals surface area contributed by atoms with Crippen LogP contribution in [0.15, 0.2) is 18.2 Å². The Balaban J connectivity index is 2.79. The summed E-state index contributed by atoms with van der Waals surface area (Å²) >= 11 is 0. The molecule has 27 heavy (non-hydrogen) atoms. The van der Waals surface area contributed by atoms with Crippen LogP contribution in [-0.4, -0.2) is 18.5 Å². The zero-order valence-electron chi connectivity index (χ0n) is 17.1. The Morgan fingerprint density at radius 3 is 1.85 bits per heavy atom. The molecular formula is C22H34O5. The van der Waals surface area contributed by atoms with E-state index in [1.165, 1.54) is 0 Å². The molecule has 0 aromatic heterocycles. The summed E-state index contributed by atoms with van der Waals surface area (Å²) in [6.45, 7) is 6.85. The van der Waals surface area contributed by atoms with Gasteiger partial charge in [-0.2, -0.15) is 0 Å². The summed E-state index contributed by atoms with van der Waals surface area (Å²) in [7, 11) is 0. The van der Waals surface area contributed by atoms with Crippen LogP contribution in [0.25, 0.3) is 0 Å². The Kier molecular flexibility index (Phi) is 12.0. The number of benzene rings is 1. The number of hydrogen-bond acceptors (Lipinski definition) is 5. The highest BCUT2D eigenvalue weighted by Gasteiger charge is 2.15. The van der Waals surface area contributed by atoms with Crippen molar-refractivity contribution in [1.82, 2.24) is 0 Å². The highest BCUT2D eigenvalue weighted by atomic mass is 16.6. The van der Waals surface area contributed by atoms with Gasteiger partial charge in [0.25, 0.3) is 0 Å². The van der Waals surface area contributed by atoms with Crippen molar-refractivity contribution in [2.45, 2.75) is 85.0 Å². The maximum absolute atomic E-state index is 12.1. The van der Waals surface area contributed by atoms with Crippen LogP contribution in [0, 0.1) is 0 Å². The third kappa shape index (κ3) is 10.0. The van der Waals surface area contributed by atoms with Gasteiger partial charge in [-0.3, -0.25) is 9.59 Å². The second kappa shape index (κ2) is 14.1. The fourth-order valence-electron chi connectivity index (χ4n) is 2.46. The minimum absolute atomic E-state index is 0.245. The molecule has 0 bridgehead atoms. The fourth-order valence-corrected chi connectivity index (χ4v) is 2.46. The van der Waals surface area contributed by atoms with Gasteiger partial charge in [0, 0.05) is 18.9 Å². The van der Waals surface area contributed by atoms with Crippen molar-refractivity contribution in [3.8, 4) is 17.2 Å². The van der Waals surface area contributed by atoms with Gasteiger partial charge in [-0.15, -0.1) is 0 Å². The molecule has 0 unspecified atom stereocenters. The fraction of sp³-hybridized carbons (Fsp3) is 0.636. The molecule has 0 amide bonds. The van der Waals surface area contributed by atoms with Crippen LogP contribution in [0.4, 0.5) is 0 Å². The number of ether oxygens (including phenoxy) is 3. The van der Waals surface area contributed by atoms with Gasteiger partial charge >= 0.3 is 11.9 Å². The van der Waals surface area contributed by atoms with Crippen LogP contribution in [0.1, 0.15) is 85.0 Å². The molecule has 152 valence electrons. The molecule has 0 aliphatic heterocycles. The second-order valence-corrected chi connectivity index (χ2v) is 6.67. The molecule has 1 aromatic carbocycles. The molecule has 0 radical (unpaired) electrons. The van der Waals surface area contributed by atoms with E-state index in [0.717, 1.165) is 51.4 Å². The van der Waals surface area contributed by atoms with Gasteiger partial charge in [-0.05, 0) is 31.4 Å². The zero-order chi connectivity index (χ0) is 19.9. The summed E-state index contributed by atoms with van der Waals surface area (Å²) in [5, 5.41) is 0. The van der Waals surface area contributed by atoms with Crippen LogP contribution in [0.3, 0.4) is 0 Å². The van der Waals surface area contributed by atoms with Gasteiger partial charge in [-0.25, -0.2) is 0 Å². The van der Waals surface area contributed by atoms with Crippen LogP contribution < -0.4 is 14.2 Å². The molecule has 5 nitrogen and oxygen atoms in total.